The molecule has 4 aliphatic rings. The molecule has 0 bridgehead atoms. The normalized spacial score (nSPS) is 42.0. The van der Waals surface area contributed by atoms with Crippen molar-refractivity contribution in [2.45, 2.75) is 69.6 Å². The first-order valence-electron chi connectivity index (χ1n) is 8.38. The van der Waals surface area contributed by atoms with Gasteiger partial charge in [-0.3, -0.25) is 14.5 Å². The molecule has 0 aromatic carbocycles. The van der Waals surface area contributed by atoms with Gasteiger partial charge in [0.05, 0.1) is 17.6 Å². The molecule has 4 unspecified atom stereocenters. The Morgan fingerprint density at radius 2 is 1.86 bits per heavy atom. The van der Waals surface area contributed by atoms with Crippen LogP contribution in [0.2, 0.25) is 0 Å². The largest absolute Gasteiger partial charge is 0.376 e. The van der Waals surface area contributed by atoms with Crippen molar-refractivity contribution >= 4 is 11.8 Å². The number of fused-ring (bicyclic) bond motifs is 1. The van der Waals surface area contributed by atoms with Crippen LogP contribution in [0.3, 0.4) is 0 Å². The molecule has 0 aromatic rings. The highest BCUT2D eigenvalue weighted by Crippen LogP contribution is 2.49. The van der Waals surface area contributed by atoms with Gasteiger partial charge in [0.15, 0.2) is 0 Å². The Kier molecular flexibility index (Phi) is 3.12. The Labute approximate surface area is 125 Å². The molecule has 5 heteroatoms. The summed E-state index contributed by atoms with van der Waals surface area (Å²) in [5, 5.41) is 0. The quantitative estimate of drug-likeness (QED) is 0.737. The van der Waals surface area contributed by atoms with E-state index in [4.69, 9.17) is 10.5 Å². The van der Waals surface area contributed by atoms with E-state index in [9.17, 15) is 9.59 Å². The van der Waals surface area contributed by atoms with Gasteiger partial charge in [-0.15, -0.1) is 0 Å². The highest BCUT2D eigenvalue weighted by Gasteiger charge is 2.62. The van der Waals surface area contributed by atoms with E-state index in [0.717, 1.165) is 32.1 Å². The molecule has 2 N–H and O–H groups in total. The van der Waals surface area contributed by atoms with Gasteiger partial charge in [0.25, 0.3) is 0 Å². The standard InChI is InChI=1S/C16H24N2O3/c17-12-10-5-8-21-14(10)13(12)18-11(19)9-16(15(18)20)6-3-1-2-4-7-16/h10,12-14H,1-9,17H2. The van der Waals surface area contributed by atoms with Crippen molar-refractivity contribution < 1.29 is 14.3 Å². The summed E-state index contributed by atoms with van der Waals surface area (Å²) < 4.78 is 5.72. The van der Waals surface area contributed by atoms with E-state index in [1.54, 1.807) is 0 Å². The van der Waals surface area contributed by atoms with Crippen molar-refractivity contribution in [2.75, 3.05) is 6.61 Å². The SMILES string of the molecule is NC1C2CCOC2C1N1C(=O)CC2(CCCCCC2)C1=O. The van der Waals surface area contributed by atoms with E-state index in [2.05, 4.69) is 0 Å². The fourth-order valence-corrected chi connectivity index (χ4v) is 4.95. The van der Waals surface area contributed by atoms with Gasteiger partial charge in [0.2, 0.25) is 11.8 Å². The molecule has 1 spiro atoms. The number of rotatable bonds is 1. The topological polar surface area (TPSA) is 72.6 Å². The lowest BCUT2D eigenvalue weighted by Crippen LogP contribution is -2.70. The van der Waals surface area contributed by atoms with Gasteiger partial charge in [-0.25, -0.2) is 0 Å². The number of carbonyl (C=O) groups is 2. The van der Waals surface area contributed by atoms with Crippen LogP contribution in [0.4, 0.5) is 0 Å². The Balaban J connectivity index is 1.59. The van der Waals surface area contributed by atoms with Gasteiger partial charge in [-0.05, 0) is 19.3 Å². The van der Waals surface area contributed by atoms with E-state index in [0.29, 0.717) is 18.9 Å². The molecular formula is C16H24N2O3. The molecule has 0 aromatic heterocycles. The van der Waals surface area contributed by atoms with Crippen LogP contribution in [-0.4, -0.2) is 41.5 Å². The van der Waals surface area contributed by atoms with Crippen LogP contribution in [0, 0.1) is 11.3 Å². The number of imide groups is 1. The lowest BCUT2D eigenvalue weighted by Gasteiger charge is -2.49. The zero-order valence-electron chi connectivity index (χ0n) is 12.4. The summed E-state index contributed by atoms with van der Waals surface area (Å²) in [5.41, 5.74) is 5.82. The fraction of sp³-hybridized carbons (Fsp3) is 0.875. The first-order chi connectivity index (χ1) is 10.1. The van der Waals surface area contributed by atoms with Crippen LogP contribution in [-0.2, 0) is 14.3 Å². The Hall–Kier alpha value is -0.940. The molecule has 2 amide bonds. The van der Waals surface area contributed by atoms with E-state index in [-0.39, 0.29) is 30.0 Å². The van der Waals surface area contributed by atoms with Crippen molar-refractivity contribution in [3.63, 3.8) is 0 Å². The monoisotopic (exact) mass is 292 g/mol. The number of carbonyl (C=O) groups excluding carboxylic acids is 2. The van der Waals surface area contributed by atoms with E-state index in [1.807, 2.05) is 0 Å². The third-order valence-electron chi connectivity index (χ3n) is 6.20. The second-order valence-electron chi connectivity index (χ2n) is 7.30. The third kappa shape index (κ3) is 1.83. The first-order valence-corrected chi connectivity index (χ1v) is 8.38. The lowest BCUT2D eigenvalue weighted by atomic mass is 9.71. The number of amides is 2. The summed E-state index contributed by atoms with van der Waals surface area (Å²) in [7, 11) is 0. The fourth-order valence-electron chi connectivity index (χ4n) is 4.95. The maximum Gasteiger partial charge on any atom is 0.236 e. The molecule has 2 saturated carbocycles. The van der Waals surface area contributed by atoms with Crippen LogP contribution < -0.4 is 5.73 Å². The Morgan fingerprint density at radius 1 is 1.14 bits per heavy atom. The highest BCUT2D eigenvalue weighted by molar-refractivity contribution is 6.06. The lowest BCUT2D eigenvalue weighted by molar-refractivity contribution is -0.156. The molecule has 2 saturated heterocycles. The third-order valence-corrected chi connectivity index (χ3v) is 6.20. The van der Waals surface area contributed by atoms with Crippen LogP contribution in [0.1, 0.15) is 51.4 Å². The predicted molar refractivity (Wildman–Crippen MR) is 76.2 cm³/mol. The predicted octanol–water partition coefficient (Wildman–Crippen LogP) is 1.20. The van der Waals surface area contributed by atoms with Crippen molar-refractivity contribution in [1.82, 2.24) is 4.90 Å². The van der Waals surface area contributed by atoms with Gasteiger partial charge in [0, 0.05) is 25.0 Å². The molecule has 5 nitrogen and oxygen atoms in total. The van der Waals surface area contributed by atoms with E-state index in [1.165, 1.54) is 17.7 Å². The van der Waals surface area contributed by atoms with Crippen molar-refractivity contribution in [2.24, 2.45) is 17.1 Å². The zero-order valence-corrected chi connectivity index (χ0v) is 12.4. The summed E-state index contributed by atoms with van der Waals surface area (Å²) >= 11 is 0. The number of ether oxygens (including phenoxy) is 1. The van der Waals surface area contributed by atoms with Crippen LogP contribution in [0.5, 0.6) is 0 Å². The van der Waals surface area contributed by atoms with E-state index < -0.39 is 5.41 Å². The summed E-state index contributed by atoms with van der Waals surface area (Å²) in [6, 6.07) is -0.300. The second kappa shape index (κ2) is 4.78. The van der Waals surface area contributed by atoms with Crippen molar-refractivity contribution in [3.8, 4) is 0 Å². The minimum Gasteiger partial charge on any atom is -0.376 e. The maximum absolute atomic E-state index is 13.0. The Morgan fingerprint density at radius 3 is 2.57 bits per heavy atom. The molecule has 2 aliphatic heterocycles. The minimum absolute atomic E-state index is 0.00571. The molecule has 0 radical (unpaired) electrons. The number of likely N-dealkylation sites (tertiary alicyclic amines) is 1. The molecule has 2 heterocycles. The Bertz CT molecular complexity index is 470. The number of hydrogen-bond donors (Lipinski definition) is 1. The number of hydrogen-bond acceptors (Lipinski definition) is 4. The number of nitrogens with zero attached hydrogens (tertiary/aromatic N) is 1. The molecule has 4 rings (SSSR count). The molecule has 116 valence electrons. The molecule has 21 heavy (non-hydrogen) atoms. The summed E-state index contributed by atoms with van der Waals surface area (Å²) in [4.78, 5) is 27.0. The van der Waals surface area contributed by atoms with Crippen molar-refractivity contribution in [3.05, 3.63) is 0 Å². The van der Waals surface area contributed by atoms with Gasteiger partial charge in [0.1, 0.15) is 0 Å². The maximum atomic E-state index is 13.0. The van der Waals surface area contributed by atoms with Gasteiger partial charge in [-0.2, -0.15) is 0 Å². The number of nitrogens with two attached hydrogens (primary N) is 1. The van der Waals surface area contributed by atoms with Crippen molar-refractivity contribution in [1.29, 1.82) is 0 Å². The second-order valence-corrected chi connectivity index (χ2v) is 7.30. The molecule has 4 fully saturated rings. The average molecular weight is 292 g/mol. The summed E-state index contributed by atoms with van der Waals surface area (Å²) in [5.74, 6) is 0.362. The zero-order chi connectivity index (χ0) is 14.6. The van der Waals surface area contributed by atoms with Crippen LogP contribution in [0.25, 0.3) is 0 Å². The smallest absolute Gasteiger partial charge is 0.236 e. The minimum atomic E-state index is -0.420. The first kappa shape index (κ1) is 13.7. The van der Waals surface area contributed by atoms with Crippen LogP contribution in [0.15, 0.2) is 0 Å². The van der Waals surface area contributed by atoms with Gasteiger partial charge >= 0.3 is 0 Å². The van der Waals surface area contributed by atoms with Crippen LogP contribution >= 0.6 is 0 Å². The van der Waals surface area contributed by atoms with E-state index >= 15 is 0 Å². The summed E-state index contributed by atoms with van der Waals surface area (Å²) in [6.07, 6.45) is 7.57. The molecule has 2 aliphatic carbocycles. The highest BCUT2D eigenvalue weighted by atomic mass is 16.5. The molecule has 4 atom stereocenters. The summed E-state index contributed by atoms with van der Waals surface area (Å²) in [6.45, 7) is 0.709. The van der Waals surface area contributed by atoms with Gasteiger partial charge < -0.3 is 10.5 Å². The molecular weight excluding hydrogens is 268 g/mol. The van der Waals surface area contributed by atoms with Gasteiger partial charge in [-0.1, -0.05) is 25.7 Å². The average Bonchev–Trinajstić information content (AvgIpc) is 2.88.